The van der Waals surface area contributed by atoms with Crippen molar-refractivity contribution in [2.75, 3.05) is 25.1 Å². The van der Waals surface area contributed by atoms with Gasteiger partial charge in [-0.2, -0.15) is 11.8 Å². The zero-order valence-corrected chi connectivity index (χ0v) is 14.2. The summed E-state index contributed by atoms with van der Waals surface area (Å²) in [6.07, 6.45) is 2.80. The Kier molecular flexibility index (Phi) is 7.91. The molecule has 114 valence electrons. The van der Waals surface area contributed by atoms with E-state index in [2.05, 4.69) is 10.0 Å². The molecule has 0 saturated heterocycles. The van der Waals surface area contributed by atoms with Crippen LogP contribution in [0.25, 0.3) is 0 Å². The van der Waals surface area contributed by atoms with E-state index in [4.69, 9.17) is 11.6 Å². The van der Waals surface area contributed by atoms with Gasteiger partial charge in [-0.05, 0) is 42.7 Å². The average Bonchev–Trinajstić information content (AvgIpc) is 2.42. The fourth-order valence-electron chi connectivity index (χ4n) is 1.63. The number of halogens is 1. The molecule has 7 heteroatoms. The molecular weight excluding hydrogens is 316 g/mol. The van der Waals surface area contributed by atoms with E-state index in [0.29, 0.717) is 13.1 Å². The monoisotopic (exact) mass is 336 g/mol. The molecule has 0 aliphatic rings. The molecule has 2 N–H and O–H groups in total. The largest absolute Gasteiger partial charge is 0.313 e. The smallest absolute Gasteiger partial charge is 0.242 e. The van der Waals surface area contributed by atoms with Crippen molar-refractivity contribution in [1.82, 2.24) is 10.0 Å². The molecule has 0 radical (unpaired) electrons. The molecule has 0 atom stereocenters. The number of hydrogen-bond acceptors (Lipinski definition) is 4. The standard InChI is InChI=1S/C13H21ClN2O2S2/c1-3-15-10-11-5-6-12(14)13(9-11)20(17,18)16-7-4-8-19-2/h5-6,9,15-16H,3-4,7-8,10H2,1-2H3. The SMILES string of the molecule is CCNCc1ccc(Cl)c(S(=O)(=O)NCCCSC)c1. The molecule has 1 aromatic rings. The molecule has 1 rings (SSSR count). The Morgan fingerprint density at radius 3 is 2.75 bits per heavy atom. The first-order valence-electron chi connectivity index (χ1n) is 6.49. The van der Waals surface area contributed by atoms with E-state index in [1.807, 2.05) is 19.2 Å². The second-order valence-corrected chi connectivity index (χ2v) is 7.42. The molecule has 0 aliphatic carbocycles. The second-order valence-electron chi connectivity index (χ2n) is 4.29. The van der Waals surface area contributed by atoms with E-state index in [0.717, 1.165) is 24.3 Å². The van der Waals surface area contributed by atoms with E-state index < -0.39 is 10.0 Å². The normalized spacial score (nSPS) is 11.8. The van der Waals surface area contributed by atoms with Gasteiger partial charge in [-0.1, -0.05) is 24.6 Å². The molecule has 0 unspecified atom stereocenters. The maximum atomic E-state index is 12.2. The lowest BCUT2D eigenvalue weighted by Gasteiger charge is -2.10. The maximum absolute atomic E-state index is 12.2. The van der Waals surface area contributed by atoms with Crippen molar-refractivity contribution in [1.29, 1.82) is 0 Å². The summed E-state index contributed by atoms with van der Waals surface area (Å²) in [4.78, 5) is 0.152. The summed E-state index contributed by atoms with van der Waals surface area (Å²) in [6.45, 7) is 3.89. The molecular formula is C13H21ClN2O2S2. The molecule has 0 fully saturated rings. The van der Waals surface area contributed by atoms with Gasteiger partial charge in [0.05, 0.1) is 5.02 Å². The minimum Gasteiger partial charge on any atom is -0.313 e. The van der Waals surface area contributed by atoms with Gasteiger partial charge in [0.1, 0.15) is 4.90 Å². The lowest BCUT2D eigenvalue weighted by molar-refractivity contribution is 0.581. The molecule has 0 spiro atoms. The molecule has 0 heterocycles. The van der Waals surface area contributed by atoms with Crippen LogP contribution in [0.1, 0.15) is 18.9 Å². The first-order chi connectivity index (χ1) is 9.51. The number of hydrogen-bond donors (Lipinski definition) is 2. The summed E-state index contributed by atoms with van der Waals surface area (Å²) in [7, 11) is -3.54. The van der Waals surface area contributed by atoms with Crippen LogP contribution in [0.4, 0.5) is 0 Å². The van der Waals surface area contributed by atoms with Crippen LogP contribution < -0.4 is 10.0 Å². The molecule has 1 aromatic carbocycles. The molecule has 0 saturated carbocycles. The van der Waals surface area contributed by atoms with Crippen LogP contribution in [-0.2, 0) is 16.6 Å². The molecule has 0 aliphatic heterocycles. The van der Waals surface area contributed by atoms with Crippen LogP contribution in [0.3, 0.4) is 0 Å². The highest BCUT2D eigenvalue weighted by molar-refractivity contribution is 7.98. The van der Waals surface area contributed by atoms with Crippen molar-refractivity contribution in [3.8, 4) is 0 Å². The molecule has 0 aromatic heterocycles. The third kappa shape index (κ3) is 5.61. The van der Waals surface area contributed by atoms with Crippen LogP contribution in [0.2, 0.25) is 5.02 Å². The zero-order valence-electron chi connectivity index (χ0n) is 11.8. The maximum Gasteiger partial charge on any atom is 0.242 e. The summed E-state index contributed by atoms with van der Waals surface area (Å²) in [5.74, 6) is 0.927. The van der Waals surface area contributed by atoms with Gasteiger partial charge in [-0.3, -0.25) is 0 Å². The van der Waals surface area contributed by atoms with Gasteiger partial charge >= 0.3 is 0 Å². The Hall–Kier alpha value is -0.270. The minimum absolute atomic E-state index is 0.152. The van der Waals surface area contributed by atoms with Gasteiger partial charge in [-0.25, -0.2) is 13.1 Å². The van der Waals surface area contributed by atoms with Gasteiger partial charge in [0.15, 0.2) is 0 Å². The van der Waals surface area contributed by atoms with Crippen LogP contribution >= 0.6 is 23.4 Å². The first-order valence-corrected chi connectivity index (χ1v) is 9.74. The predicted octanol–water partition coefficient (Wildman–Crippen LogP) is 2.48. The highest BCUT2D eigenvalue weighted by Crippen LogP contribution is 2.22. The van der Waals surface area contributed by atoms with Crippen LogP contribution in [0.5, 0.6) is 0 Å². The minimum atomic E-state index is -3.54. The van der Waals surface area contributed by atoms with Gasteiger partial charge in [-0.15, -0.1) is 0 Å². The van der Waals surface area contributed by atoms with Gasteiger partial charge in [0.25, 0.3) is 0 Å². The molecule has 20 heavy (non-hydrogen) atoms. The zero-order chi connectivity index (χ0) is 15.0. The third-order valence-electron chi connectivity index (χ3n) is 2.68. The number of sulfonamides is 1. The third-order valence-corrected chi connectivity index (χ3v) is 5.32. The van der Waals surface area contributed by atoms with E-state index in [1.54, 1.807) is 23.9 Å². The van der Waals surface area contributed by atoms with E-state index in [9.17, 15) is 8.42 Å². The summed E-state index contributed by atoms with van der Waals surface area (Å²) < 4.78 is 27.0. The number of benzene rings is 1. The van der Waals surface area contributed by atoms with Crippen molar-refractivity contribution in [3.63, 3.8) is 0 Å². The topological polar surface area (TPSA) is 58.2 Å². The average molecular weight is 337 g/mol. The number of nitrogens with one attached hydrogen (secondary N) is 2. The van der Waals surface area contributed by atoms with Crippen molar-refractivity contribution in [3.05, 3.63) is 28.8 Å². The lowest BCUT2D eigenvalue weighted by Crippen LogP contribution is -2.25. The van der Waals surface area contributed by atoms with Crippen LogP contribution in [-0.4, -0.2) is 33.5 Å². The van der Waals surface area contributed by atoms with Gasteiger partial charge in [0, 0.05) is 13.1 Å². The molecule has 0 amide bonds. The fraction of sp³-hybridized carbons (Fsp3) is 0.538. The summed E-state index contributed by atoms with van der Waals surface area (Å²) >= 11 is 7.70. The highest BCUT2D eigenvalue weighted by Gasteiger charge is 2.17. The summed E-state index contributed by atoms with van der Waals surface area (Å²) in [5, 5.41) is 3.41. The highest BCUT2D eigenvalue weighted by atomic mass is 35.5. The predicted molar refractivity (Wildman–Crippen MR) is 87.0 cm³/mol. The summed E-state index contributed by atoms with van der Waals surface area (Å²) in [5.41, 5.74) is 0.903. The molecule has 4 nitrogen and oxygen atoms in total. The van der Waals surface area contributed by atoms with Crippen molar-refractivity contribution in [2.24, 2.45) is 0 Å². The van der Waals surface area contributed by atoms with E-state index in [1.165, 1.54) is 0 Å². The van der Waals surface area contributed by atoms with Gasteiger partial charge in [0.2, 0.25) is 10.0 Å². The Morgan fingerprint density at radius 1 is 1.35 bits per heavy atom. The number of rotatable bonds is 9. The first kappa shape index (κ1) is 17.8. The van der Waals surface area contributed by atoms with Crippen molar-refractivity contribution >= 4 is 33.4 Å². The fourth-order valence-corrected chi connectivity index (χ4v) is 3.69. The van der Waals surface area contributed by atoms with E-state index >= 15 is 0 Å². The van der Waals surface area contributed by atoms with Crippen LogP contribution in [0.15, 0.2) is 23.1 Å². The van der Waals surface area contributed by atoms with Crippen molar-refractivity contribution < 1.29 is 8.42 Å². The van der Waals surface area contributed by atoms with Gasteiger partial charge < -0.3 is 5.32 Å². The lowest BCUT2D eigenvalue weighted by atomic mass is 10.2. The molecule has 0 bridgehead atoms. The quantitative estimate of drug-likeness (QED) is 0.680. The Balaban J connectivity index is 2.81. The van der Waals surface area contributed by atoms with E-state index in [-0.39, 0.29) is 9.92 Å². The van der Waals surface area contributed by atoms with Crippen LogP contribution in [0, 0.1) is 0 Å². The Labute approximate surface area is 130 Å². The Bertz CT molecular complexity index is 521. The van der Waals surface area contributed by atoms with Crippen molar-refractivity contribution in [2.45, 2.75) is 24.8 Å². The second kappa shape index (κ2) is 8.89. The number of thioether (sulfide) groups is 1. The Morgan fingerprint density at radius 2 is 2.10 bits per heavy atom. The summed E-state index contributed by atoms with van der Waals surface area (Å²) in [6, 6.07) is 5.09.